The summed E-state index contributed by atoms with van der Waals surface area (Å²) < 4.78 is 9.41. The van der Waals surface area contributed by atoms with Crippen LogP contribution in [0.2, 0.25) is 0 Å². The first kappa shape index (κ1) is 23.5. The third-order valence-electron chi connectivity index (χ3n) is 6.06. The predicted molar refractivity (Wildman–Crippen MR) is 139 cm³/mol. The SMILES string of the molecule is O=[N+]([O-])c1ccc(Nc2ccc(Cc3ccc(Nc4ccc([N+](=O)[O-])c5nonc45)cc3)cc2)c2nonc12. The molecule has 2 heterocycles. The molecule has 2 aromatic heterocycles. The minimum Gasteiger partial charge on any atom is -0.354 e. The summed E-state index contributed by atoms with van der Waals surface area (Å²) in [5, 5.41) is 43.6. The molecule has 0 unspecified atom stereocenters. The van der Waals surface area contributed by atoms with E-state index < -0.39 is 9.85 Å². The highest BCUT2D eigenvalue weighted by atomic mass is 16.6. The van der Waals surface area contributed by atoms with Crippen LogP contribution in [0.1, 0.15) is 11.1 Å². The molecule has 0 aliphatic rings. The first-order valence-corrected chi connectivity index (χ1v) is 11.5. The maximum absolute atomic E-state index is 11.2. The van der Waals surface area contributed by atoms with Crippen LogP contribution in [-0.4, -0.2) is 30.5 Å². The van der Waals surface area contributed by atoms with E-state index in [1.807, 2.05) is 48.5 Å². The van der Waals surface area contributed by atoms with Crippen LogP contribution in [0.4, 0.5) is 34.1 Å². The summed E-state index contributed by atoms with van der Waals surface area (Å²) in [6, 6.07) is 21.3. The number of non-ortho nitro benzene ring substituents is 2. The molecule has 0 bridgehead atoms. The highest BCUT2D eigenvalue weighted by Crippen LogP contribution is 2.32. The molecule has 2 N–H and O–H groups in total. The van der Waals surface area contributed by atoms with Crippen LogP contribution >= 0.6 is 0 Å². The molecule has 192 valence electrons. The van der Waals surface area contributed by atoms with Gasteiger partial charge < -0.3 is 10.6 Å². The van der Waals surface area contributed by atoms with Gasteiger partial charge in [-0.2, -0.15) is 0 Å². The molecule has 0 radical (unpaired) electrons. The van der Waals surface area contributed by atoms with Gasteiger partial charge in [0.2, 0.25) is 11.0 Å². The molecule has 6 aromatic rings. The van der Waals surface area contributed by atoms with E-state index in [4.69, 9.17) is 9.26 Å². The number of nitrogens with zero attached hydrogens (tertiary/aromatic N) is 6. The predicted octanol–water partition coefficient (Wildman–Crippen LogP) is 5.65. The number of fused-ring (bicyclic) bond motifs is 2. The summed E-state index contributed by atoms with van der Waals surface area (Å²) in [5.41, 5.74) is 5.13. The van der Waals surface area contributed by atoms with Crippen LogP contribution in [0.3, 0.4) is 0 Å². The van der Waals surface area contributed by atoms with Gasteiger partial charge in [0.05, 0.1) is 21.2 Å². The molecule has 4 aromatic carbocycles. The Morgan fingerprint density at radius 3 is 1.33 bits per heavy atom. The van der Waals surface area contributed by atoms with E-state index >= 15 is 0 Å². The van der Waals surface area contributed by atoms with E-state index in [0.717, 1.165) is 22.5 Å². The highest BCUT2D eigenvalue weighted by molar-refractivity contribution is 5.95. The van der Waals surface area contributed by atoms with E-state index in [-0.39, 0.29) is 33.4 Å². The van der Waals surface area contributed by atoms with Crippen molar-refractivity contribution in [1.29, 1.82) is 0 Å². The van der Waals surface area contributed by atoms with Gasteiger partial charge in [-0.05, 0) is 74.6 Å². The standard InChI is InChI=1S/C25H16N8O6/c34-32(35)20-11-9-18(22-24(20)30-38-28-22)26-16-5-1-14(2-6-16)13-15-3-7-17(8-4-15)27-19-10-12-21(33(36)37)25-23(19)29-39-31-25/h1-12,26-27H,13H2. The molecule has 0 fully saturated rings. The molecule has 0 atom stereocenters. The van der Waals surface area contributed by atoms with Crippen molar-refractivity contribution in [3.05, 3.63) is 104 Å². The maximum atomic E-state index is 11.2. The number of aromatic nitrogens is 4. The van der Waals surface area contributed by atoms with Crippen molar-refractivity contribution < 1.29 is 19.1 Å². The fourth-order valence-electron chi connectivity index (χ4n) is 4.16. The Hall–Kier alpha value is -5.92. The monoisotopic (exact) mass is 524 g/mol. The minimum atomic E-state index is -0.531. The van der Waals surface area contributed by atoms with Crippen molar-refractivity contribution in [2.45, 2.75) is 6.42 Å². The van der Waals surface area contributed by atoms with Crippen molar-refractivity contribution in [2.75, 3.05) is 10.6 Å². The van der Waals surface area contributed by atoms with Gasteiger partial charge in [0.1, 0.15) is 0 Å². The summed E-state index contributed by atoms with van der Waals surface area (Å²) in [4.78, 5) is 21.3. The number of hydrogen-bond acceptors (Lipinski definition) is 12. The number of nitro benzene ring substituents is 2. The Bertz CT molecular complexity index is 1710. The largest absolute Gasteiger partial charge is 0.354 e. The lowest BCUT2D eigenvalue weighted by Gasteiger charge is -2.09. The first-order valence-electron chi connectivity index (χ1n) is 11.5. The summed E-state index contributed by atoms with van der Waals surface area (Å²) >= 11 is 0. The number of hydrogen-bond donors (Lipinski definition) is 2. The van der Waals surface area contributed by atoms with Crippen molar-refractivity contribution in [3.8, 4) is 0 Å². The zero-order chi connectivity index (χ0) is 26.9. The smallest absolute Gasteiger partial charge is 0.300 e. The Morgan fingerprint density at radius 2 is 0.949 bits per heavy atom. The Labute approximate surface area is 217 Å². The van der Waals surface area contributed by atoms with E-state index in [1.165, 1.54) is 12.1 Å². The van der Waals surface area contributed by atoms with Gasteiger partial charge in [-0.25, -0.2) is 9.26 Å². The third kappa shape index (κ3) is 4.53. The van der Waals surface area contributed by atoms with E-state index in [9.17, 15) is 20.2 Å². The first-order chi connectivity index (χ1) is 19.0. The Morgan fingerprint density at radius 1 is 0.564 bits per heavy atom. The van der Waals surface area contributed by atoms with Crippen molar-refractivity contribution in [1.82, 2.24) is 20.6 Å². The zero-order valence-electron chi connectivity index (χ0n) is 19.8. The normalized spacial score (nSPS) is 11.1. The van der Waals surface area contributed by atoms with E-state index in [1.54, 1.807) is 12.1 Å². The molecular weight excluding hydrogens is 508 g/mol. The van der Waals surface area contributed by atoms with Crippen LogP contribution < -0.4 is 10.6 Å². The quantitative estimate of drug-likeness (QED) is 0.184. The second-order valence-electron chi connectivity index (χ2n) is 8.52. The summed E-state index contributed by atoms with van der Waals surface area (Å²) in [5.74, 6) is 0. The fourth-order valence-corrected chi connectivity index (χ4v) is 4.16. The van der Waals surface area contributed by atoms with Crippen LogP contribution in [0.25, 0.3) is 22.1 Å². The second kappa shape index (κ2) is 9.51. The van der Waals surface area contributed by atoms with Crippen molar-refractivity contribution in [2.24, 2.45) is 0 Å². The summed E-state index contributed by atoms with van der Waals surface area (Å²) in [7, 11) is 0. The van der Waals surface area contributed by atoms with Gasteiger partial charge >= 0.3 is 11.4 Å². The van der Waals surface area contributed by atoms with Gasteiger partial charge in [-0.3, -0.25) is 20.2 Å². The van der Waals surface area contributed by atoms with E-state index in [0.29, 0.717) is 17.8 Å². The van der Waals surface area contributed by atoms with Crippen molar-refractivity contribution in [3.63, 3.8) is 0 Å². The molecule has 0 aliphatic heterocycles. The molecule has 0 spiro atoms. The van der Waals surface area contributed by atoms with Crippen LogP contribution in [0.15, 0.2) is 82.1 Å². The molecule has 0 amide bonds. The molecule has 0 saturated heterocycles. The second-order valence-corrected chi connectivity index (χ2v) is 8.52. The molecular formula is C25H16N8O6. The lowest BCUT2D eigenvalue weighted by molar-refractivity contribution is -0.383. The lowest BCUT2D eigenvalue weighted by Crippen LogP contribution is -1.96. The van der Waals surface area contributed by atoms with Gasteiger partial charge in [-0.15, -0.1) is 0 Å². The van der Waals surface area contributed by atoms with E-state index in [2.05, 4.69) is 31.3 Å². The maximum Gasteiger partial charge on any atom is 0.300 e. The summed E-state index contributed by atoms with van der Waals surface area (Å²) in [6.07, 6.45) is 0.685. The highest BCUT2D eigenvalue weighted by Gasteiger charge is 2.20. The van der Waals surface area contributed by atoms with Crippen LogP contribution in [0.5, 0.6) is 0 Å². The average molecular weight is 524 g/mol. The van der Waals surface area contributed by atoms with Crippen molar-refractivity contribution >= 4 is 56.2 Å². The number of nitro groups is 2. The number of nitrogens with one attached hydrogen (secondary N) is 2. The number of rotatable bonds is 8. The summed E-state index contributed by atoms with van der Waals surface area (Å²) in [6.45, 7) is 0. The number of anilines is 4. The van der Waals surface area contributed by atoms with Gasteiger partial charge in [0.15, 0.2) is 11.0 Å². The van der Waals surface area contributed by atoms with Crippen LogP contribution in [-0.2, 0) is 6.42 Å². The minimum absolute atomic E-state index is 0.0789. The molecule has 0 saturated carbocycles. The third-order valence-corrected chi connectivity index (χ3v) is 6.06. The van der Waals surface area contributed by atoms with Crippen LogP contribution in [0, 0.1) is 20.2 Å². The zero-order valence-corrected chi connectivity index (χ0v) is 19.8. The lowest BCUT2D eigenvalue weighted by atomic mass is 10.0. The number of benzene rings is 4. The Balaban J connectivity index is 1.13. The molecule has 6 rings (SSSR count). The average Bonchev–Trinajstić information content (AvgIpc) is 3.62. The fraction of sp³-hybridized carbons (Fsp3) is 0.0400. The molecule has 14 nitrogen and oxygen atoms in total. The Kier molecular flexibility index (Phi) is 5.73. The van der Waals surface area contributed by atoms with Gasteiger partial charge in [0, 0.05) is 23.5 Å². The topological polar surface area (TPSA) is 188 Å². The molecule has 39 heavy (non-hydrogen) atoms. The van der Waals surface area contributed by atoms with Gasteiger partial charge in [-0.1, -0.05) is 24.3 Å². The molecule has 0 aliphatic carbocycles. The molecule has 14 heteroatoms. The van der Waals surface area contributed by atoms with Gasteiger partial charge in [0.25, 0.3) is 0 Å².